The number of ether oxygens (including phenoxy) is 1. The summed E-state index contributed by atoms with van der Waals surface area (Å²) in [5, 5.41) is 46.7. The van der Waals surface area contributed by atoms with Crippen LogP contribution in [-0.4, -0.2) is 145 Å². The monoisotopic (exact) mass is 998 g/mol. The minimum absolute atomic E-state index is 0.411. The number of hydrogen-bond donors (Lipinski definition) is 1. The van der Waals surface area contributed by atoms with Gasteiger partial charge in [-0.2, -0.15) is 30.9 Å². The average Bonchev–Trinajstić information content (AvgIpc) is 4.25. The number of piperazine rings is 2. The third-order valence-corrected chi connectivity index (χ3v) is 14.8. The zero-order chi connectivity index (χ0) is 52.2. The van der Waals surface area contributed by atoms with E-state index < -0.39 is 11.2 Å². The number of rotatable bonds is 9. The summed E-state index contributed by atoms with van der Waals surface area (Å²) in [5.74, 6) is 14.5. The molecule has 18 nitrogen and oxygen atoms in total. The molecule has 0 aromatic carbocycles. The van der Waals surface area contributed by atoms with Crippen molar-refractivity contribution in [3.63, 3.8) is 0 Å². The second-order valence-electron chi connectivity index (χ2n) is 20.9. The number of piperidine rings is 2. The molecule has 0 spiro atoms. The molecule has 6 fully saturated rings. The zero-order valence-corrected chi connectivity index (χ0v) is 43.2. The van der Waals surface area contributed by atoms with Crippen molar-refractivity contribution in [1.82, 2.24) is 58.6 Å². The molecular formula is C57H58N16O2. The molecule has 75 heavy (non-hydrogen) atoms. The molecule has 6 aliphatic heterocycles. The van der Waals surface area contributed by atoms with Crippen molar-refractivity contribution < 1.29 is 9.84 Å². The molecular weight excluding hydrogens is 941 g/mol. The van der Waals surface area contributed by atoms with E-state index in [-0.39, 0.29) is 0 Å². The number of hydrogen-bond acceptors (Lipinski definition) is 14. The highest BCUT2D eigenvalue weighted by atomic mass is 16.5. The van der Waals surface area contributed by atoms with E-state index in [9.17, 15) is 15.6 Å². The number of anilines is 2. The SMILES string of the molecule is COC(C)(C)C#CCN1C2CC1CN(c1ccc(-c3cc(-c4cnn(C)c4)cn4ncc(C#N)c34)cn1)C2.Cn1cc(-c2cc(-c3ccc(N4CC5CC(C4)N5CC#CC(C)(C)O)nc3)c3c(C#N)cnn3c2)cn1. The quantitative estimate of drug-likeness (QED) is 0.164. The Morgan fingerprint density at radius 1 is 0.573 bits per heavy atom. The Morgan fingerprint density at radius 2 is 1.01 bits per heavy atom. The van der Waals surface area contributed by atoms with Gasteiger partial charge in [0.1, 0.15) is 35.0 Å². The van der Waals surface area contributed by atoms with E-state index in [1.807, 2.05) is 77.5 Å². The van der Waals surface area contributed by atoms with Crippen molar-refractivity contribution in [1.29, 1.82) is 10.5 Å². The van der Waals surface area contributed by atoms with E-state index in [2.05, 4.69) is 112 Å². The molecule has 0 aliphatic carbocycles. The van der Waals surface area contributed by atoms with Crippen molar-refractivity contribution in [2.75, 3.05) is 56.2 Å². The van der Waals surface area contributed by atoms with Crippen LogP contribution in [0.2, 0.25) is 0 Å². The Balaban J connectivity index is 0.000000161. The Labute approximate surface area is 436 Å². The van der Waals surface area contributed by atoms with Gasteiger partial charge in [-0.1, -0.05) is 23.7 Å². The highest BCUT2D eigenvalue weighted by molar-refractivity contribution is 5.89. The topological polar surface area (TPSA) is 186 Å². The number of aliphatic hydroxyl groups is 1. The molecule has 0 radical (unpaired) electrons. The molecule has 0 saturated carbocycles. The van der Waals surface area contributed by atoms with Crippen molar-refractivity contribution in [2.45, 2.75) is 75.9 Å². The van der Waals surface area contributed by atoms with Gasteiger partial charge in [0.15, 0.2) is 0 Å². The standard InChI is InChI=1S/C29H30N8O.C28H28N8O/c1-29(2,38-4)8-5-9-36-24-11-25(36)19-35(18-24)27-7-6-20(13-31-27)26-10-21(23-15-32-34(3)16-23)17-37-28(26)22(12-30)14-33-37;1-28(2,37)7-4-8-35-23-10-24(35)18-34(17-23)26-6-5-19(12-30-26)25-9-20(22-14-31-33(3)15-22)16-36-27(25)21(11-29)13-32-36/h6-7,10,13-17,24-25H,9,11,18-19H2,1-4H3;5-6,9,12-16,23-24,37H,8,10,17-18H2,1-3H3. The summed E-state index contributed by atoms with van der Waals surface area (Å²) in [6.45, 7) is 12.6. The summed E-state index contributed by atoms with van der Waals surface area (Å²) < 4.78 is 12.5. The largest absolute Gasteiger partial charge is 0.378 e. The third-order valence-electron chi connectivity index (χ3n) is 14.8. The van der Waals surface area contributed by atoms with Gasteiger partial charge in [0.25, 0.3) is 0 Å². The highest BCUT2D eigenvalue weighted by Crippen LogP contribution is 2.38. The number of aromatic nitrogens is 10. The van der Waals surface area contributed by atoms with Crippen LogP contribution >= 0.6 is 0 Å². The number of nitrogens with zero attached hydrogens (tertiary/aromatic N) is 16. The highest BCUT2D eigenvalue weighted by Gasteiger charge is 2.45. The lowest BCUT2D eigenvalue weighted by atomic mass is 9.87. The molecule has 378 valence electrons. The van der Waals surface area contributed by atoms with Gasteiger partial charge in [-0.25, -0.2) is 19.0 Å². The maximum atomic E-state index is 9.84. The lowest BCUT2D eigenvalue weighted by Gasteiger charge is -2.56. The van der Waals surface area contributed by atoms with Gasteiger partial charge in [-0.3, -0.25) is 19.2 Å². The second-order valence-corrected chi connectivity index (χ2v) is 20.9. The Hall–Kier alpha value is -8.36. The number of methoxy groups -OCH3 is 1. The molecule has 8 aromatic heterocycles. The predicted molar refractivity (Wildman–Crippen MR) is 286 cm³/mol. The van der Waals surface area contributed by atoms with Crippen LogP contribution in [0, 0.1) is 46.3 Å². The van der Waals surface area contributed by atoms with Crippen molar-refractivity contribution >= 4 is 22.7 Å². The molecule has 1 N–H and O–H groups in total. The van der Waals surface area contributed by atoms with Gasteiger partial charge in [0.2, 0.25) is 0 Å². The molecule has 14 heterocycles. The van der Waals surface area contributed by atoms with E-state index in [1.165, 1.54) is 12.8 Å². The van der Waals surface area contributed by atoms with E-state index in [0.29, 0.717) is 41.8 Å². The lowest BCUT2D eigenvalue weighted by molar-refractivity contribution is 0.0122. The van der Waals surface area contributed by atoms with Crippen molar-refractivity contribution in [3.8, 4) is 80.3 Å². The van der Waals surface area contributed by atoms with Gasteiger partial charge in [-0.15, -0.1) is 0 Å². The van der Waals surface area contributed by atoms with Crippen LogP contribution in [0.25, 0.3) is 55.5 Å². The van der Waals surface area contributed by atoms with Crippen molar-refractivity contribution in [2.24, 2.45) is 14.1 Å². The van der Waals surface area contributed by atoms with E-state index in [4.69, 9.17) is 14.7 Å². The molecule has 6 aliphatic rings. The third kappa shape index (κ3) is 9.81. The van der Waals surface area contributed by atoms with Crippen LogP contribution < -0.4 is 9.80 Å². The number of fused-ring (bicyclic) bond motifs is 6. The first-order chi connectivity index (χ1) is 36.1. The fourth-order valence-corrected chi connectivity index (χ4v) is 10.8. The van der Waals surface area contributed by atoms with Gasteiger partial charge >= 0.3 is 0 Å². The molecule has 0 amide bonds. The van der Waals surface area contributed by atoms with Crippen LogP contribution in [0.4, 0.5) is 11.6 Å². The first kappa shape index (κ1) is 48.9. The second kappa shape index (κ2) is 19.5. The predicted octanol–water partition coefficient (Wildman–Crippen LogP) is 6.07. The van der Waals surface area contributed by atoms with E-state index in [0.717, 1.165) is 99.9 Å². The van der Waals surface area contributed by atoms with Crippen molar-refractivity contribution in [3.05, 3.63) is 109 Å². The molecule has 18 heteroatoms. The Kier molecular flexibility index (Phi) is 12.7. The summed E-state index contributed by atoms with van der Waals surface area (Å²) >= 11 is 0. The molecule has 6 saturated heterocycles. The number of aryl methyl sites for hydroxylation is 2. The molecule has 4 bridgehead atoms. The van der Waals surface area contributed by atoms with Gasteiger partial charge < -0.3 is 19.6 Å². The smallest absolute Gasteiger partial charge is 0.128 e. The average molecular weight is 999 g/mol. The van der Waals surface area contributed by atoms with Crippen LogP contribution in [0.5, 0.6) is 0 Å². The van der Waals surface area contributed by atoms with Crippen LogP contribution in [0.15, 0.2) is 98.4 Å². The zero-order valence-electron chi connectivity index (χ0n) is 43.2. The normalized spacial score (nSPS) is 19.2. The fraction of sp³-hybridized carbons (Fsp3) is 0.368. The first-order valence-corrected chi connectivity index (χ1v) is 25.2. The van der Waals surface area contributed by atoms with Crippen LogP contribution in [0.3, 0.4) is 0 Å². The van der Waals surface area contributed by atoms with Crippen LogP contribution in [0.1, 0.15) is 51.7 Å². The molecule has 4 unspecified atom stereocenters. The van der Waals surface area contributed by atoms with E-state index in [1.54, 1.807) is 51.7 Å². The minimum Gasteiger partial charge on any atom is -0.378 e. The lowest BCUT2D eigenvalue weighted by Crippen LogP contribution is -2.68. The van der Waals surface area contributed by atoms with Gasteiger partial charge in [0, 0.05) is 153 Å². The summed E-state index contributed by atoms with van der Waals surface area (Å²) in [7, 11) is 5.48. The maximum Gasteiger partial charge on any atom is 0.128 e. The summed E-state index contributed by atoms with van der Waals surface area (Å²) in [4.78, 5) is 19.3. The Morgan fingerprint density at radius 3 is 1.37 bits per heavy atom. The summed E-state index contributed by atoms with van der Waals surface area (Å²) in [5.41, 5.74) is 8.87. The molecule has 8 aromatic rings. The van der Waals surface area contributed by atoms with E-state index >= 15 is 0 Å². The summed E-state index contributed by atoms with van der Waals surface area (Å²) in [6.07, 6.45) is 20.8. The molecule has 4 atom stereocenters. The number of nitriles is 2. The Bertz CT molecular complexity index is 3630. The van der Waals surface area contributed by atoms with Gasteiger partial charge in [0.05, 0.1) is 60.0 Å². The van der Waals surface area contributed by atoms with Gasteiger partial charge in [-0.05, 0) is 76.9 Å². The molecule has 14 rings (SSSR count). The van der Waals surface area contributed by atoms with Crippen LogP contribution in [-0.2, 0) is 18.8 Å². The first-order valence-electron chi connectivity index (χ1n) is 25.2. The number of pyridine rings is 4. The maximum absolute atomic E-state index is 9.84. The minimum atomic E-state index is -0.953. The summed E-state index contributed by atoms with van der Waals surface area (Å²) in [6, 6.07) is 18.9. The fourth-order valence-electron chi connectivity index (χ4n) is 10.8.